The van der Waals surface area contributed by atoms with E-state index in [1.807, 2.05) is 4.90 Å². The van der Waals surface area contributed by atoms with E-state index in [-0.39, 0.29) is 23.7 Å². The van der Waals surface area contributed by atoms with Crippen LogP contribution in [-0.4, -0.2) is 51.4 Å². The number of nitrogens with one attached hydrogen (secondary N) is 1. The number of aliphatic hydroxyl groups excluding tert-OH is 1. The van der Waals surface area contributed by atoms with Crippen LogP contribution in [0.15, 0.2) is 36.5 Å². The molecular formula is C18H20FN3O3. The highest BCUT2D eigenvalue weighted by Gasteiger charge is 2.44. The second kappa shape index (κ2) is 6.48. The second-order valence-electron chi connectivity index (χ2n) is 6.85. The Labute approximate surface area is 144 Å². The summed E-state index contributed by atoms with van der Waals surface area (Å²) in [4.78, 5) is 14.3. The maximum atomic E-state index is 13.0. The molecule has 0 unspecified atom stereocenters. The van der Waals surface area contributed by atoms with Crippen LogP contribution >= 0.6 is 0 Å². The number of halogens is 1. The van der Waals surface area contributed by atoms with Gasteiger partial charge in [0.1, 0.15) is 23.4 Å². The number of aromatic nitrogens is 2. The molecular weight excluding hydrogens is 325 g/mol. The van der Waals surface area contributed by atoms with Gasteiger partial charge in [-0.15, -0.1) is 0 Å². The number of H-pyrrole nitrogens is 1. The highest BCUT2D eigenvalue weighted by molar-refractivity contribution is 5.92. The number of ether oxygens (including phenoxy) is 1. The molecule has 2 N–H and O–H groups in total. The molecule has 2 aromatic rings. The minimum absolute atomic E-state index is 0.0580. The highest BCUT2D eigenvalue weighted by atomic mass is 19.1. The number of hydrogen-bond donors (Lipinski definition) is 2. The van der Waals surface area contributed by atoms with Crippen molar-refractivity contribution >= 4 is 5.91 Å². The maximum Gasteiger partial charge on any atom is 0.271 e. The predicted octanol–water partition coefficient (Wildman–Crippen LogP) is 1.84. The Morgan fingerprint density at radius 2 is 1.92 bits per heavy atom. The van der Waals surface area contributed by atoms with Crippen LogP contribution < -0.4 is 4.74 Å². The van der Waals surface area contributed by atoms with Crippen molar-refractivity contribution in [3.8, 4) is 5.75 Å². The number of carbonyl (C=O) groups is 1. The number of nitrogens with zero attached hydrogens (tertiary/aromatic N) is 2. The fourth-order valence-corrected chi connectivity index (χ4v) is 3.92. The highest BCUT2D eigenvalue weighted by Crippen LogP contribution is 2.38. The molecule has 6 nitrogen and oxygen atoms in total. The standard InChI is InChI=1S/C18H20FN3O3/c19-13-1-3-14(4-2-13)25-17-8-12-10-22(9-11(12)7-16(17)23)18(24)15-5-6-20-21-15/h1-6,11-12,16-17,23H,7-10H2,(H,20,21)/t11-,12+,16+,17+/m0/s1. The lowest BCUT2D eigenvalue weighted by atomic mass is 9.78. The van der Waals surface area contributed by atoms with E-state index < -0.39 is 6.10 Å². The molecule has 2 fully saturated rings. The van der Waals surface area contributed by atoms with Gasteiger partial charge in [0.15, 0.2) is 0 Å². The summed E-state index contributed by atoms with van der Waals surface area (Å²) < 4.78 is 18.9. The molecule has 1 saturated carbocycles. The minimum atomic E-state index is -0.589. The lowest BCUT2D eigenvalue weighted by molar-refractivity contribution is -0.0231. The lowest BCUT2D eigenvalue weighted by Gasteiger charge is -2.35. The van der Waals surface area contributed by atoms with Crippen LogP contribution in [0.1, 0.15) is 23.3 Å². The van der Waals surface area contributed by atoms with Crippen LogP contribution in [0.25, 0.3) is 0 Å². The van der Waals surface area contributed by atoms with Gasteiger partial charge in [0.05, 0.1) is 6.10 Å². The largest absolute Gasteiger partial charge is 0.488 e. The van der Waals surface area contributed by atoms with Crippen molar-refractivity contribution in [1.82, 2.24) is 15.1 Å². The number of likely N-dealkylation sites (tertiary alicyclic amines) is 1. The van der Waals surface area contributed by atoms with Gasteiger partial charge in [0, 0.05) is 19.3 Å². The molecule has 0 bridgehead atoms. The molecule has 2 heterocycles. The number of rotatable bonds is 3. The van der Waals surface area contributed by atoms with Crippen molar-refractivity contribution in [3.63, 3.8) is 0 Å². The van der Waals surface area contributed by atoms with E-state index in [0.29, 0.717) is 43.3 Å². The molecule has 132 valence electrons. The second-order valence-corrected chi connectivity index (χ2v) is 6.85. The Hall–Kier alpha value is -2.41. The van der Waals surface area contributed by atoms with E-state index in [9.17, 15) is 14.3 Å². The molecule has 4 atom stereocenters. The Balaban J connectivity index is 1.41. The Kier molecular flexibility index (Phi) is 4.17. The fourth-order valence-electron chi connectivity index (χ4n) is 3.92. The summed E-state index contributed by atoms with van der Waals surface area (Å²) in [5.74, 6) is 0.737. The van der Waals surface area contributed by atoms with Gasteiger partial charge >= 0.3 is 0 Å². The first kappa shape index (κ1) is 16.1. The first-order valence-electron chi connectivity index (χ1n) is 8.49. The van der Waals surface area contributed by atoms with E-state index in [4.69, 9.17) is 4.74 Å². The minimum Gasteiger partial charge on any atom is -0.488 e. The average molecular weight is 345 g/mol. The molecule has 25 heavy (non-hydrogen) atoms. The third-order valence-corrected chi connectivity index (χ3v) is 5.20. The number of benzene rings is 1. The molecule has 0 radical (unpaired) electrons. The number of hydrogen-bond acceptors (Lipinski definition) is 4. The molecule has 1 saturated heterocycles. The number of aliphatic hydroxyl groups is 1. The van der Waals surface area contributed by atoms with Gasteiger partial charge in [-0.25, -0.2) is 4.39 Å². The van der Waals surface area contributed by atoms with E-state index in [2.05, 4.69) is 10.2 Å². The molecule has 4 rings (SSSR count). The molecule has 1 amide bonds. The summed E-state index contributed by atoms with van der Waals surface area (Å²) >= 11 is 0. The number of fused-ring (bicyclic) bond motifs is 1. The van der Waals surface area contributed by atoms with Gasteiger partial charge in [-0.05, 0) is 55.0 Å². The summed E-state index contributed by atoms with van der Waals surface area (Å²) in [7, 11) is 0. The normalized spacial score (nSPS) is 28.6. The van der Waals surface area contributed by atoms with Gasteiger partial charge in [-0.1, -0.05) is 0 Å². The topological polar surface area (TPSA) is 78.5 Å². The van der Waals surface area contributed by atoms with Crippen molar-refractivity contribution in [2.45, 2.75) is 25.0 Å². The summed E-state index contributed by atoms with van der Waals surface area (Å²) in [6, 6.07) is 7.48. The van der Waals surface area contributed by atoms with Crippen molar-refractivity contribution in [2.75, 3.05) is 13.1 Å². The van der Waals surface area contributed by atoms with Crippen LogP contribution in [0.3, 0.4) is 0 Å². The van der Waals surface area contributed by atoms with Gasteiger partial charge in [0.25, 0.3) is 5.91 Å². The fraction of sp³-hybridized carbons (Fsp3) is 0.444. The molecule has 7 heteroatoms. The molecule has 1 aromatic carbocycles. The van der Waals surface area contributed by atoms with Crippen LogP contribution in [0.2, 0.25) is 0 Å². The van der Waals surface area contributed by atoms with Crippen LogP contribution in [0.4, 0.5) is 4.39 Å². The van der Waals surface area contributed by atoms with Crippen LogP contribution in [0.5, 0.6) is 5.75 Å². The van der Waals surface area contributed by atoms with Gasteiger partial charge in [-0.2, -0.15) is 5.10 Å². The zero-order chi connectivity index (χ0) is 17.4. The zero-order valence-electron chi connectivity index (χ0n) is 13.6. The summed E-state index contributed by atoms with van der Waals surface area (Å²) in [6.07, 6.45) is 1.91. The maximum absolute atomic E-state index is 13.0. The number of amides is 1. The average Bonchev–Trinajstić information content (AvgIpc) is 3.26. The van der Waals surface area contributed by atoms with Crippen molar-refractivity contribution in [2.24, 2.45) is 11.8 Å². The van der Waals surface area contributed by atoms with Crippen LogP contribution in [0, 0.1) is 17.7 Å². The Bertz CT molecular complexity index is 735. The molecule has 1 aliphatic heterocycles. The van der Waals surface area contributed by atoms with E-state index in [1.165, 1.54) is 12.1 Å². The summed E-state index contributed by atoms with van der Waals surface area (Å²) in [5, 5.41) is 16.9. The number of aromatic amines is 1. The zero-order valence-corrected chi connectivity index (χ0v) is 13.6. The third-order valence-electron chi connectivity index (χ3n) is 5.20. The number of carbonyl (C=O) groups excluding carboxylic acids is 1. The quantitative estimate of drug-likeness (QED) is 0.890. The molecule has 2 aliphatic rings. The predicted molar refractivity (Wildman–Crippen MR) is 87.5 cm³/mol. The van der Waals surface area contributed by atoms with Gasteiger partial charge < -0.3 is 14.7 Å². The first-order chi connectivity index (χ1) is 12.1. The van der Waals surface area contributed by atoms with Crippen molar-refractivity contribution in [3.05, 3.63) is 48.0 Å². The first-order valence-corrected chi connectivity index (χ1v) is 8.49. The Morgan fingerprint density at radius 1 is 1.20 bits per heavy atom. The monoisotopic (exact) mass is 345 g/mol. The van der Waals surface area contributed by atoms with E-state index in [1.54, 1.807) is 24.4 Å². The van der Waals surface area contributed by atoms with Crippen LogP contribution in [-0.2, 0) is 0 Å². The lowest BCUT2D eigenvalue weighted by Crippen LogP contribution is -2.42. The van der Waals surface area contributed by atoms with E-state index >= 15 is 0 Å². The van der Waals surface area contributed by atoms with E-state index in [0.717, 1.165) is 0 Å². The van der Waals surface area contributed by atoms with Crippen molar-refractivity contribution < 1.29 is 19.0 Å². The summed E-state index contributed by atoms with van der Waals surface area (Å²) in [6.45, 7) is 1.29. The summed E-state index contributed by atoms with van der Waals surface area (Å²) in [5.41, 5.74) is 0.485. The van der Waals surface area contributed by atoms with Crippen molar-refractivity contribution in [1.29, 1.82) is 0 Å². The molecule has 0 spiro atoms. The Morgan fingerprint density at radius 3 is 2.60 bits per heavy atom. The third kappa shape index (κ3) is 3.24. The van der Waals surface area contributed by atoms with Gasteiger partial charge in [0.2, 0.25) is 0 Å². The smallest absolute Gasteiger partial charge is 0.271 e. The van der Waals surface area contributed by atoms with Gasteiger partial charge in [-0.3, -0.25) is 9.89 Å². The SMILES string of the molecule is O=C(c1ccn[nH]1)N1C[C@H]2C[C@@H](Oc3ccc(F)cc3)[C@H](O)C[C@H]2C1. The molecule has 1 aliphatic carbocycles. The molecule has 1 aromatic heterocycles.